The van der Waals surface area contributed by atoms with Gasteiger partial charge < -0.3 is 14.7 Å². The molecular formula is C18H27N3O4. The summed E-state index contributed by atoms with van der Waals surface area (Å²) in [5.74, 6) is -0.896. The summed E-state index contributed by atoms with van der Waals surface area (Å²) in [4.78, 5) is 26.3. The highest BCUT2D eigenvalue weighted by Crippen LogP contribution is 2.32. The Labute approximate surface area is 147 Å². The summed E-state index contributed by atoms with van der Waals surface area (Å²) in [5, 5.41) is 14.5. The molecular weight excluding hydrogens is 322 g/mol. The highest BCUT2D eigenvalue weighted by atomic mass is 16.5. The fourth-order valence-electron chi connectivity index (χ4n) is 3.58. The number of aromatic nitrogens is 2. The van der Waals surface area contributed by atoms with E-state index in [9.17, 15) is 14.7 Å². The molecule has 2 aliphatic heterocycles. The molecule has 0 saturated carbocycles. The molecule has 1 atom stereocenters. The molecule has 0 aromatic carbocycles. The first-order valence-electron chi connectivity index (χ1n) is 8.94. The van der Waals surface area contributed by atoms with Crippen molar-refractivity contribution >= 4 is 11.9 Å². The third-order valence-electron chi connectivity index (χ3n) is 5.30. The third kappa shape index (κ3) is 3.29. The van der Waals surface area contributed by atoms with Crippen molar-refractivity contribution in [1.82, 2.24) is 14.7 Å². The number of nitrogens with zero attached hydrogens (tertiary/aromatic N) is 3. The summed E-state index contributed by atoms with van der Waals surface area (Å²) in [7, 11) is 0. The van der Waals surface area contributed by atoms with Crippen molar-refractivity contribution in [3.05, 3.63) is 18.0 Å². The number of ether oxygens (including phenoxy) is 1. The van der Waals surface area contributed by atoms with Crippen molar-refractivity contribution in [3.63, 3.8) is 0 Å². The van der Waals surface area contributed by atoms with Gasteiger partial charge in [-0.1, -0.05) is 20.8 Å². The van der Waals surface area contributed by atoms with Gasteiger partial charge >= 0.3 is 5.97 Å². The summed E-state index contributed by atoms with van der Waals surface area (Å²) in [6.45, 7) is 7.61. The minimum atomic E-state index is -1.09. The topological polar surface area (TPSA) is 84.7 Å². The maximum atomic E-state index is 12.5. The molecule has 1 N–H and O–H groups in total. The Kier molecular flexibility index (Phi) is 4.62. The molecule has 0 spiro atoms. The van der Waals surface area contributed by atoms with Crippen LogP contribution >= 0.6 is 0 Å². The zero-order chi connectivity index (χ0) is 18.2. The van der Waals surface area contributed by atoms with Crippen LogP contribution in [0.25, 0.3) is 0 Å². The summed E-state index contributed by atoms with van der Waals surface area (Å²) < 4.78 is 7.05. The zero-order valence-electron chi connectivity index (χ0n) is 15.2. The third-order valence-corrected chi connectivity index (χ3v) is 5.30. The van der Waals surface area contributed by atoms with Gasteiger partial charge in [-0.25, -0.2) is 4.79 Å². The van der Waals surface area contributed by atoms with E-state index in [1.807, 2.05) is 6.07 Å². The van der Waals surface area contributed by atoms with E-state index in [1.165, 1.54) is 0 Å². The van der Waals surface area contributed by atoms with E-state index in [4.69, 9.17) is 4.74 Å². The van der Waals surface area contributed by atoms with Crippen LogP contribution in [0.5, 0.6) is 0 Å². The molecule has 2 saturated heterocycles. The van der Waals surface area contributed by atoms with Gasteiger partial charge in [0.15, 0.2) is 5.54 Å². The van der Waals surface area contributed by atoms with Gasteiger partial charge in [0.25, 0.3) is 5.91 Å². The number of carboxylic acid groups (broad SMARTS) is 1. The number of hydrogen-bond donors (Lipinski definition) is 1. The second kappa shape index (κ2) is 6.44. The van der Waals surface area contributed by atoms with Crippen LogP contribution in [0.4, 0.5) is 0 Å². The van der Waals surface area contributed by atoms with Crippen LogP contribution < -0.4 is 0 Å². The van der Waals surface area contributed by atoms with Crippen LogP contribution in [0.15, 0.2) is 12.3 Å². The van der Waals surface area contributed by atoms with Crippen LogP contribution in [-0.4, -0.2) is 57.5 Å². The van der Waals surface area contributed by atoms with E-state index in [0.717, 1.165) is 18.5 Å². The van der Waals surface area contributed by atoms with Gasteiger partial charge in [-0.3, -0.25) is 9.48 Å². The molecule has 1 amide bonds. The van der Waals surface area contributed by atoms with Crippen molar-refractivity contribution in [2.24, 2.45) is 0 Å². The molecule has 0 aliphatic carbocycles. The Hall–Kier alpha value is -1.89. The molecule has 7 heteroatoms. The Morgan fingerprint density at radius 1 is 1.32 bits per heavy atom. The molecule has 1 aromatic rings. The van der Waals surface area contributed by atoms with E-state index >= 15 is 0 Å². The number of piperidine rings is 1. The fourth-order valence-corrected chi connectivity index (χ4v) is 3.58. The smallest absolute Gasteiger partial charge is 0.331 e. The minimum absolute atomic E-state index is 0.00710. The SMILES string of the molecule is CC(C)(C)c1ccn(C2(C(=O)O)CCN(C(=O)[C@@H]3CCCO3)CC2)n1. The monoisotopic (exact) mass is 349 g/mol. The minimum Gasteiger partial charge on any atom is -0.479 e. The van der Waals surface area contributed by atoms with Gasteiger partial charge in [0.2, 0.25) is 0 Å². The van der Waals surface area contributed by atoms with E-state index < -0.39 is 11.5 Å². The van der Waals surface area contributed by atoms with Gasteiger partial charge in [0, 0.05) is 44.1 Å². The number of aliphatic carboxylic acids is 1. The maximum absolute atomic E-state index is 12.5. The average molecular weight is 349 g/mol. The van der Waals surface area contributed by atoms with Gasteiger partial charge in [0.1, 0.15) is 6.10 Å². The van der Waals surface area contributed by atoms with Crippen molar-refractivity contribution in [2.45, 2.75) is 63.5 Å². The number of carbonyl (C=O) groups excluding carboxylic acids is 1. The zero-order valence-corrected chi connectivity index (χ0v) is 15.2. The molecule has 2 fully saturated rings. The number of likely N-dealkylation sites (tertiary alicyclic amines) is 1. The largest absolute Gasteiger partial charge is 0.479 e. The van der Waals surface area contributed by atoms with E-state index in [-0.39, 0.29) is 17.4 Å². The van der Waals surface area contributed by atoms with Gasteiger partial charge in [0.05, 0.1) is 5.69 Å². The van der Waals surface area contributed by atoms with E-state index in [1.54, 1.807) is 15.8 Å². The average Bonchev–Trinajstić information content (AvgIpc) is 3.25. The normalized spacial score (nSPS) is 23.6. The standard InChI is InChI=1S/C18H27N3O4/c1-17(2,3)14-6-9-21(19-14)18(16(23)24)7-10-20(11-8-18)15(22)13-5-4-12-25-13/h6,9,13H,4-5,7-8,10-12H2,1-3H3,(H,23,24)/t13-/m0/s1. The molecule has 25 heavy (non-hydrogen) atoms. The number of amides is 1. The first kappa shape index (κ1) is 17.9. The summed E-state index contributed by atoms with van der Waals surface area (Å²) in [6.07, 6.45) is 3.78. The molecule has 3 heterocycles. The Bertz CT molecular complexity index is 648. The lowest BCUT2D eigenvalue weighted by Crippen LogP contribution is -2.54. The van der Waals surface area contributed by atoms with Crippen molar-refractivity contribution in [1.29, 1.82) is 0 Å². The van der Waals surface area contributed by atoms with E-state index in [0.29, 0.717) is 32.5 Å². The van der Waals surface area contributed by atoms with Crippen LogP contribution in [0.3, 0.4) is 0 Å². The number of carboxylic acids is 1. The summed E-state index contributed by atoms with van der Waals surface area (Å²) >= 11 is 0. The van der Waals surface area contributed by atoms with Crippen LogP contribution in [0, 0.1) is 0 Å². The van der Waals surface area contributed by atoms with Crippen molar-refractivity contribution < 1.29 is 19.4 Å². The second-order valence-corrected chi connectivity index (χ2v) is 8.06. The Morgan fingerprint density at radius 2 is 2.00 bits per heavy atom. The molecule has 2 aliphatic rings. The molecule has 0 unspecified atom stereocenters. The second-order valence-electron chi connectivity index (χ2n) is 8.06. The predicted molar refractivity (Wildman–Crippen MR) is 91.3 cm³/mol. The lowest BCUT2D eigenvalue weighted by atomic mass is 9.87. The summed E-state index contributed by atoms with van der Waals surface area (Å²) in [6, 6.07) is 1.88. The quantitative estimate of drug-likeness (QED) is 0.899. The highest BCUT2D eigenvalue weighted by molar-refractivity contribution is 5.82. The highest BCUT2D eigenvalue weighted by Gasteiger charge is 2.46. The number of rotatable bonds is 3. The van der Waals surface area contributed by atoms with Crippen LogP contribution in [0.1, 0.15) is 52.1 Å². The van der Waals surface area contributed by atoms with Crippen molar-refractivity contribution in [2.75, 3.05) is 19.7 Å². The Morgan fingerprint density at radius 3 is 2.48 bits per heavy atom. The van der Waals surface area contributed by atoms with Crippen LogP contribution in [0.2, 0.25) is 0 Å². The molecule has 7 nitrogen and oxygen atoms in total. The van der Waals surface area contributed by atoms with Crippen molar-refractivity contribution in [3.8, 4) is 0 Å². The van der Waals surface area contributed by atoms with Gasteiger partial charge in [-0.05, 0) is 18.9 Å². The molecule has 0 bridgehead atoms. The Balaban J connectivity index is 1.76. The predicted octanol–water partition coefficient (Wildman–Crippen LogP) is 1.76. The van der Waals surface area contributed by atoms with Gasteiger partial charge in [-0.15, -0.1) is 0 Å². The maximum Gasteiger partial charge on any atom is 0.331 e. The van der Waals surface area contributed by atoms with E-state index in [2.05, 4.69) is 25.9 Å². The lowest BCUT2D eigenvalue weighted by Gasteiger charge is -2.39. The molecule has 3 rings (SSSR count). The first-order valence-corrected chi connectivity index (χ1v) is 8.94. The van der Waals surface area contributed by atoms with Gasteiger partial charge in [-0.2, -0.15) is 5.10 Å². The molecule has 0 radical (unpaired) electrons. The summed E-state index contributed by atoms with van der Waals surface area (Å²) in [5.41, 5.74) is -0.357. The first-order chi connectivity index (χ1) is 11.7. The lowest BCUT2D eigenvalue weighted by molar-refractivity contribution is -0.155. The fraction of sp³-hybridized carbons (Fsp3) is 0.722. The molecule has 138 valence electrons. The number of hydrogen-bond acceptors (Lipinski definition) is 4. The number of carbonyl (C=O) groups is 2. The van der Waals surface area contributed by atoms with Crippen LogP contribution in [-0.2, 0) is 25.3 Å². The molecule has 1 aromatic heterocycles.